The second-order valence-electron chi connectivity index (χ2n) is 10.2. The van der Waals surface area contributed by atoms with Crippen molar-refractivity contribution in [2.45, 2.75) is 64.0 Å². The molecule has 2 amide bonds. The molecule has 0 bridgehead atoms. The molecule has 0 unspecified atom stereocenters. The number of carbonyl (C=O) groups excluding carboxylic acids is 2. The molecule has 7 heteroatoms. The number of aromatic nitrogens is 1. The van der Waals surface area contributed by atoms with E-state index in [1.807, 2.05) is 42.2 Å². The second kappa shape index (κ2) is 8.63. The summed E-state index contributed by atoms with van der Waals surface area (Å²) in [5, 5.41) is 3.86. The lowest BCUT2D eigenvalue weighted by Crippen LogP contribution is -2.23. The molecule has 1 saturated heterocycles. The Kier molecular flexibility index (Phi) is 5.43. The quantitative estimate of drug-likeness (QED) is 0.454. The third-order valence-electron chi connectivity index (χ3n) is 7.84. The lowest BCUT2D eigenvalue weighted by molar-refractivity contribution is -0.117. The first-order valence-corrected chi connectivity index (χ1v) is 12.8. The van der Waals surface area contributed by atoms with Crippen LogP contribution in [0.5, 0.6) is 0 Å². The number of nitrogens with zero attached hydrogens (tertiary/aromatic N) is 2. The van der Waals surface area contributed by atoms with Gasteiger partial charge in [-0.25, -0.2) is 4.79 Å². The Morgan fingerprint density at radius 2 is 1.86 bits per heavy atom. The lowest BCUT2D eigenvalue weighted by atomic mass is 9.92. The fraction of sp³-hybridized carbons (Fsp3) is 0.429. The lowest BCUT2D eigenvalue weighted by Gasteiger charge is -2.30. The van der Waals surface area contributed by atoms with E-state index in [0.717, 1.165) is 72.2 Å². The van der Waals surface area contributed by atoms with Gasteiger partial charge >= 0.3 is 6.09 Å². The minimum Gasteiger partial charge on any atom is -0.446 e. The van der Waals surface area contributed by atoms with Crippen LogP contribution in [-0.2, 0) is 9.53 Å². The molecule has 0 spiro atoms. The van der Waals surface area contributed by atoms with Gasteiger partial charge in [0.2, 0.25) is 5.91 Å². The van der Waals surface area contributed by atoms with E-state index in [9.17, 15) is 9.59 Å². The second-order valence-corrected chi connectivity index (χ2v) is 10.2. The predicted octanol–water partition coefficient (Wildman–Crippen LogP) is 6.09. The van der Waals surface area contributed by atoms with Crippen LogP contribution in [0.4, 0.5) is 21.9 Å². The Morgan fingerprint density at radius 3 is 2.49 bits per heavy atom. The molecular formula is C28H32N4O3. The highest BCUT2D eigenvalue weighted by Gasteiger charge is 2.31. The van der Waals surface area contributed by atoms with Gasteiger partial charge in [-0.3, -0.25) is 10.1 Å². The standard InChI is InChI=1S/C28H32N4O3/c1-17(18-7-8-18)35-28(34)30-20-11-9-19(10-12-20)27-26(29)23-14-13-22(31-15-3-6-25(31)33)16-24(23)32(27)21-4-2-5-21/h9-14,16-18,21H,2-8,15,29H2,1H3,(H,30,34)/t17-/m1/s1. The van der Waals surface area contributed by atoms with Crippen LogP contribution in [0.3, 0.4) is 0 Å². The number of benzene rings is 2. The molecule has 3 aliphatic rings. The Morgan fingerprint density at radius 1 is 1.09 bits per heavy atom. The van der Waals surface area contributed by atoms with Gasteiger partial charge in [-0.1, -0.05) is 12.1 Å². The van der Waals surface area contributed by atoms with E-state index in [1.165, 1.54) is 6.42 Å². The number of amides is 2. The Bertz CT molecular complexity index is 1290. The van der Waals surface area contributed by atoms with E-state index in [1.54, 1.807) is 0 Å². The summed E-state index contributed by atoms with van der Waals surface area (Å²) in [4.78, 5) is 26.5. The topological polar surface area (TPSA) is 89.6 Å². The van der Waals surface area contributed by atoms with Crippen molar-refractivity contribution in [1.82, 2.24) is 4.57 Å². The summed E-state index contributed by atoms with van der Waals surface area (Å²) in [5.41, 5.74) is 12.2. The summed E-state index contributed by atoms with van der Waals surface area (Å²) in [6, 6.07) is 14.4. The zero-order chi connectivity index (χ0) is 24.1. The number of carbonyl (C=O) groups is 2. The number of anilines is 3. The fourth-order valence-electron chi connectivity index (χ4n) is 5.42. The number of fused-ring (bicyclic) bond motifs is 1. The van der Waals surface area contributed by atoms with E-state index in [-0.39, 0.29) is 12.0 Å². The SMILES string of the molecule is C[C@@H](OC(=O)Nc1ccc(-c2c(N)c3ccc(N4CCCC4=O)cc3n2C2CCC2)cc1)C1CC1. The maximum absolute atomic E-state index is 12.3. The summed E-state index contributed by atoms with van der Waals surface area (Å²) < 4.78 is 7.85. The van der Waals surface area contributed by atoms with Crippen LogP contribution < -0.4 is 16.0 Å². The van der Waals surface area contributed by atoms with Crippen LogP contribution >= 0.6 is 0 Å². The molecule has 3 N–H and O–H groups in total. The average molecular weight is 473 g/mol. The molecule has 1 aliphatic heterocycles. The number of ether oxygens (including phenoxy) is 1. The molecule has 2 aromatic carbocycles. The monoisotopic (exact) mass is 472 g/mol. The molecule has 2 aliphatic carbocycles. The molecule has 0 radical (unpaired) electrons. The Labute approximate surface area is 205 Å². The first kappa shape index (κ1) is 22.0. The zero-order valence-electron chi connectivity index (χ0n) is 20.1. The third kappa shape index (κ3) is 4.03. The highest BCUT2D eigenvalue weighted by atomic mass is 16.6. The molecule has 2 saturated carbocycles. The molecule has 6 rings (SSSR count). The largest absolute Gasteiger partial charge is 0.446 e. The van der Waals surface area contributed by atoms with Gasteiger partial charge < -0.3 is 19.9 Å². The van der Waals surface area contributed by atoms with Crippen molar-refractivity contribution in [3.63, 3.8) is 0 Å². The smallest absolute Gasteiger partial charge is 0.411 e. The molecule has 35 heavy (non-hydrogen) atoms. The Hall–Kier alpha value is -3.48. The molecule has 3 aromatic rings. The third-order valence-corrected chi connectivity index (χ3v) is 7.84. The van der Waals surface area contributed by atoms with Crippen molar-refractivity contribution in [2.24, 2.45) is 5.92 Å². The average Bonchev–Trinajstić information content (AvgIpc) is 3.53. The van der Waals surface area contributed by atoms with Crippen molar-refractivity contribution < 1.29 is 14.3 Å². The van der Waals surface area contributed by atoms with Crippen molar-refractivity contribution in [3.05, 3.63) is 42.5 Å². The number of hydrogen-bond donors (Lipinski definition) is 2. The van der Waals surface area contributed by atoms with E-state index < -0.39 is 6.09 Å². The van der Waals surface area contributed by atoms with Gasteiger partial charge in [0.15, 0.2) is 0 Å². The summed E-state index contributed by atoms with van der Waals surface area (Å²) in [6.07, 6.45) is 6.77. The molecular weight excluding hydrogens is 440 g/mol. The summed E-state index contributed by atoms with van der Waals surface area (Å²) in [6.45, 7) is 2.72. The van der Waals surface area contributed by atoms with Crippen molar-refractivity contribution in [2.75, 3.05) is 22.5 Å². The van der Waals surface area contributed by atoms with Gasteiger partial charge in [-0.15, -0.1) is 0 Å². The normalized spacial score (nSPS) is 19.1. The molecule has 3 fully saturated rings. The van der Waals surface area contributed by atoms with E-state index in [2.05, 4.69) is 22.0 Å². The zero-order valence-corrected chi connectivity index (χ0v) is 20.1. The number of nitrogen functional groups attached to an aromatic ring is 1. The summed E-state index contributed by atoms with van der Waals surface area (Å²) in [7, 11) is 0. The van der Waals surface area contributed by atoms with Crippen LogP contribution in [0.2, 0.25) is 0 Å². The van der Waals surface area contributed by atoms with Gasteiger partial charge in [0.25, 0.3) is 0 Å². The van der Waals surface area contributed by atoms with E-state index in [0.29, 0.717) is 24.1 Å². The molecule has 182 valence electrons. The minimum atomic E-state index is -0.413. The van der Waals surface area contributed by atoms with Crippen LogP contribution in [0.15, 0.2) is 42.5 Å². The highest BCUT2D eigenvalue weighted by Crippen LogP contribution is 2.45. The maximum Gasteiger partial charge on any atom is 0.411 e. The Balaban J connectivity index is 1.32. The minimum absolute atomic E-state index is 0.0481. The van der Waals surface area contributed by atoms with Crippen LogP contribution in [-0.4, -0.2) is 29.2 Å². The van der Waals surface area contributed by atoms with Gasteiger partial charge in [-0.05, 0) is 81.7 Å². The van der Waals surface area contributed by atoms with E-state index in [4.69, 9.17) is 10.5 Å². The first-order chi connectivity index (χ1) is 17.0. The van der Waals surface area contributed by atoms with Gasteiger partial charge in [0.05, 0.1) is 16.9 Å². The van der Waals surface area contributed by atoms with Crippen LogP contribution in [0, 0.1) is 5.92 Å². The van der Waals surface area contributed by atoms with Crippen molar-refractivity contribution in [1.29, 1.82) is 0 Å². The van der Waals surface area contributed by atoms with Gasteiger partial charge in [-0.2, -0.15) is 0 Å². The van der Waals surface area contributed by atoms with Gasteiger partial charge in [0, 0.05) is 41.3 Å². The maximum atomic E-state index is 12.3. The first-order valence-electron chi connectivity index (χ1n) is 12.8. The number of hydrogen-bond acceptors (Lipinski definition) is 4. The molecule has 1 aromatic heterocycles. The van der Waals surface area contributed by atoms with Gasteiger partial charge in [0.1, 0.15) is 6.10 Å². The molecule has 7 nitrogen and oxygen atoms in total. The summed E-state index contributed by atoms with van der Waals surface area (Å²) >= 11 is 0. The van der Waals surface area contributed by atoms with Crippen LogP contribution in [0.1, 0.15) is 57.9 Å². The van der Waals surface area contributed by atoms with Crippen molar-refractivity contribution in [3.8, 4) is 11.3 Å². The number of nitrogens with one attached hydrogen (secondary N) is 1. The highest BCUT2D eigenvalue weighted by molar-refractivity contribution is 6.04. The predicted molar refractivity (Wildman–Crippen MR) is 139 cm³/mol. The summed E-state index contributed by atoms with van der Waals surface area (Å²) in [5.74, 6) is 0.691. The van der Waals surface area contributed by atoms with Crippen LogP contribution in [0.25, 0.3) is 22.2 Å². The van der Waals surface area contributed by atoms with E-state index >= 15 is 0 Å². The molecule has 2 heterocycles. The van der Waals surface area contributed by atoms with Crippen molar-refractivity contribution >= 4 is 40.0 Å². The number of nitrogens with two attached hydrogens (primary N) is 1. The number of rotatable bonds is 6. The molecule has 1 atom stereocenters. The fourth-order valence-corrected chi connectivity index (χ4v) is 5.42.